The lowest BCUT2D eigenvalue weighted by molar-refractivity contribution is -0.322. The molecule has 3 amide bonds. The fourth-order valence-electron chi connectivity index (χ4n) is 8.15. The van der Waals surface area contributed by atoms with Crippen molar-refractivity contribution in [2.24, 2.45) is 17.8 Å². The number of hydrogen-bond acceptors (Lipinski definition) is 8. The third-order valence-electron chi connectivity index (χ3n) is 10.3. The predicted octanol–water partition coefficient (Wildman–Crippen LogP) is 2.70. The maximum absolute atomic E-state index is 14.4. The molecular weight excluding hydrogens is 706 g/mol. The SMILES string of the molecule is CC(C)C[C@H]1C(=O)N2CCC[C@@H]2[C@]2(O)O[C@@](NC(=O)[C@H]3C=C4c5cccc6[nH]c(Br)c(c56)C[C@@H]4N(C)C3)(C(C)C)C(=O)N12.CS(=O)(=O)O. The highest BCUT2D eigenvalue weighted by molar-refractivity contribution is 9.10. The molecule has 3 saturated heterocycles. The number of benzene rings is 1. The highest BCUT2D eigenvalue weighted by Gasteiger charge is 2.72. The zero-order valence-electron chi connectivity index (χ0n) is 28.0. The number of nitrogens with zero attached hydrogens (tertiary/aromatic N) is 3. The Hall–Kier alpha value is -2.82. The Morgan fingerprint density at radius 2 is 1.92 bits per heavy atom. The molecule has 4 aliphatic heterocycles. The van der Waals surface area contributed by atoms with Crippen molar-refractivity contribution < 1.29 is 37.2 Å². The number of likely N-dealkylation sites (N-methyl/N-ethyl adjacent to an activating group) is 1. The van der Waals surface area contributed by atoms with Gasteiger partial charge in [-0.25, -0.2) is 0 Å². The first-order chi connectivity index (χ1) is 22.4. The van der Waals surface area contributed by atoms with Crippen LogP contribution in [0.2, 0.25) is 0 Å². The molecule has 6 atom stereocenters. The second kappa shape index (κ2) is 12.2. The highest BCUT2D eigenvalue weighted by Crippen LogP contribution is 2.49. The van der Waals surface area contributed by atoms with E-state index in [2.05, 4.69) is 43.3 Å². The quantitative estimate of drug-likeness (QED) is 0.336. The van der Waals surface area contributed by atoms with Crippen molar-refractivity contribution in [2.75, 3.05) is 26.4 Å². The summed E-state index contributed by atoms with van der Waals surface area (Å²) in [4.78, 5) is 50.8. The molecule has 5 heterocycles. The number of H-pyrrole nitrogens is 1. The number of ether oxygens (including phenoxy) is 1. The zero-order chi connectivity index (χ0) is 35.1. The molecule has 0 unspecified atom stereocenters. The summed E-state index contributed by atoms with van der Waals surface area (Å²) in [5.41, 5.74) is 2.68. The van der Waals surface area contributed by atoms with Crippen molar-refractivity contribution >= 4 is 60.2 Å². The Balaban J connectivity index is 0.000000749. The van der Waals surface area contributed by atoms with Crippen molar-refractivity contribution in [2.45, 2.75) is 83.1 Å². The Labute approximate surface area is 288 Å². The molecular formula is C33H44BrN5O8S. The lowest BCUT2D eigenvalue weighted by Gasteiger charge is -2.49. The second-order valence-electron chi connectivity index (χ2n) is 14.4. The van der Waals surface area contributed by atoms with E-state index in [1.54, 1.807) is 18.7 Å². The van der Waals surface area contributed by atoms with Crippen LogP contribution in [-0.2, 0) is 35.7 Å². The van der Waals surface area contributed by atoms with Crippen LogP contribution in [0.1, 0.15) is 58.1 Å². The van der Waals surface area contributed by atoms with Crippen molar-refractivity contribution in [1.82, 2.24) is 25.0 Å². The fourth-order valence-corrected chi connectivity index (χ4v) is 8.72. The molecule has 4 N–H and O–H groups in total. The summed E-state index contributed by atoms with van der Waals surface area (Å²) in [5.74, 6) is -4.01. The summed E-state index contributed by atoms with van der Waals surface area (Å²) in [7, 11) is -1.64. The van der Waals surface area contributed by atoms with Crippen LogP contribution in [0.3, 0.4) is 0 Å². The monoisotopic (exact) mass is 749 g/mol. The number of amides is 3. The minimum atomic E-state index is -3.67. The topological polar surface area (TPSA) is 173 Å². The summed E-state index contributed by atoms with van der Waals surface area (Å²) < 4.78 is 33.3. The number of carbonyl (C=O) groups is 3. The van der Waals surface area contributed by atoms with E-state index in [4.69, 9.17) is 9.29 Å². The van der Waals surface area contributed by atoms with Crippen molar-refractivity contribution in [3.63, 3.8) is 0 Å². The molecule has 262 valence electrons. The third-order valence-corrected chi connectivity index (χ3v) is 10.9. The van der Waals surface area contributed by atoms with Crippen LogP contribution < -0.4 is 5.32 Å². The van der Waals surface area contributed by atoms with Gasteiger partial charge in [0.05, 0.1) is 16.8 Å². The lowest BCUT2D eigenvalue weighted by Crippen LogP contribution is -2.71. The van der Waals surface area contributed by atoms with Crippen LogP contribution in [0.15, 0.2) is 28.9 Å². The van der Waals surface area contributed by atoms with Gasteiger partial charge in [-0.15, -0.1) is 0 Å². The summed E-state index contributed by atoms with van der Waals surface area (Å²) in [6, 6.07) is 4.76. The maximum atomic E-state index is 14.4. The van der Waals surface area contributed by atoms with E-state index in [0.717, 1.165) is 34.1 Å². The lowest BCUT2D eigenvalue weighted by atomic mass is 9.79. The van der Waals surface area contributed by atoms with E-state index in [9.17, 15) is 27.9 Å². The molecule has 48 heavy (non-hydrogen) atoms. The van der Waals surface area contributed by atoms with E-state index in [1.165, 1.54) is 15.8 Å². The molecule has 2 aromatic rings. The van der Waals surface area contributed by atoms with Gasteiger partial charge in [0, 0.05) is 36.0 Å². The molecule has 3 fully saturated rings. The molecule has 0 radical (unpaired) electrons. The number of carbonyl (C=O) groups excluding carboxylic acids is 3. The molecule has 0 spiro atoms. The first-order valence-electron chi connectivity index (χ1n) is 16.4. The minimum absolute atomic E-state index is 0.104. The number of halogens is 1. The number of aromatic amines is 1. The van der Waals surface area contributed by atoms with E-state index < -0.39 is 51.6 Å². The van der Waals surface area contributed by atoms with Gasteiger partial charge < -0.3 is 20.3 Å². The van der Waals surface area contributed by atoms with Gasteiger partial charge in [0.15, 0.2) is 0 Å². The van der Waals surface area contributed by atoms with E-state index in [0.29, 0.717) is 32.2 Å². The predicted molar refractivity (Wildman–Crippen MR) is 182 cm³/mol. The average Bonchev–Trinajstić information content (AvgIpc) is 3.66. The van der Waals surface area contributed by atoms with Gasteiger partial charge in [-0.3, -0.25) is 33.5 Å². The standard InChI is InChI=1S/C32H40BrN5O5.CH4O3S/c1-16(2)12-24-29(40)37-11-7-10-25(37)32(42)38(24)30(41)31(43-32,17(3)4)35-28(39)18-13-20-19-8-6-9-22-26(19)21(27(33)34-22)14-23(20)36(5)15-18;1-5(2,3)4/h6,8-9,13,16-18,23-25,34,42H,7,10-12,14-15H2,1-5H3,(H,35,39);1H3,(H,2,3,4)/t18-,23-,24-,25+,31-,32-;/m0./s1. The first kappa shape index (κ1) is 35.0. The summed E-state index contributed by atoms with van der Waals surface area (Å²) in [6.07, 6.45) is 5.20. The smallest absolute Gasteiger partial charge is 0.281 e. The number of aliphatic hydroxyl groups is 1. The summed E-state index contributed by atoms with van der Waals surface area (Å²) >= 11 is 3.70. The van der Waals surface area contributed by atoms with Gasteiger partial charge in [-0.2, -0.15) is 8.42 Å². The van der Waals surface area contributed by atoms with Gasteiger partial charge in [0.2, 0.25) is 17.5 Å². The van der Waals surface area contributed by atoms with Crippen LogP contribution in [0.5, 0.6) is 0 Å². The Morgan fingerprint density at radius 3 is 2.56 bits per heavy atom. The van der Waals surface area contributed by atoms with Gasteiger partial charge in [-0.05, 0) is 77.3 Å². The van der Waals surface area contributed by atoms with Crippen LogP contribution >= 0.6 is 15.9 Å². The molecule has 15 heteroatoms. The summed E-state index contributed by atoms with van der Waals surface area (Å²) in [6.45, 7) is 8.57. The molecule has 1 aromatic carbocycles. The zero-order valence-corrected chi connectivity index (χ0v) is 30.4. The molecule has 5 aliphatic rings. The fraction of sp³-hybridized carbons (Fsp3) is 0.606. The Kier molecular flexibility index (Phi) is 8.90. The van der Waals surface area contributed by atoms with Crippen LogP contribution in [-0.4, -0.2) is 112 Å². The van der Waals surface area contributed by atoms with Crippen molar-refractivity contribution in [3.05, 3.63) is 40.0 Å². The first-order valence-corrected chi connectivity index (χ1v) is 19.0. The molecule has 0 saturated carbocycles. The number of aromatic nitrogens is 1. The molecule has 13 nitrogen and oxygen atoms in total. The van der Waals surface area contributed by atoms with Gasteiger partial charge in [0.25, 0.3) is 21.9 Å². The van der Waals surface area contributed by atoms with E-state index in [-0.39, 0.29) is 23.8 Å². The van der Waals surface area contributed by atoms with Crippen molar-refractivity contribution in [1.29, 1.82) is 0 Å². The number of fused-ring (bicyclic) bond motifs is 5. The molecule has 1 aromatic heterocycles. The number of rotatable bonds is 5. The van der Waals surface area contributed by atoms with Crippen LogP contribution in [0.4, 0.5) is 0 Å². The summed E-state index contributed by atoms with van der Waals surface area (Å²) in [5, 5.41) is 16.3. The molecule has 7 rings (SSSR count). The molecule has 0 bridgehead atoms. The number of hydrogen-bond donors (Lipinski definition) is 4. The van der Waals surface area contributed by atoms with E-state index in [1.807, 2.05) is 33.0 Å². The number of nitrogens with one attached hydrogen (secondary N) is 2. The Bertz CT molecular complexity index is 1800. The van der Waals surface area contributed by atoms with Crippen molar-refractivity contribution in [3.8, 4) is 0 Å². The van der Waals surface area contributed by atoms with E-state index >= 15 is 0 Å². The Morgan fingerprint density at radius 1 is 1.23 bits per heavy atom. The van der Waals surface area contributed by atoms with Gasteiger partial charge >= 0.3 is 0 Å². The largest absolute Gasteiger partial charge is 0.349 e. The van der Waals surface area contributed by atoms with Crippen LogP contribution in [0, 0.1) is 17.8 Å². The second-order valence-corrected chi connectivity index (χ2v) is 16.7. The van der Waals surface area contributed by atoms with Gasteiger partial charge in [0.1, 0.15) is 12.1 Å². The number of piperazine rings is 1. The normalized spacial score (nSPS) is 31.4. The average molecular weight is 751 g/mol. The maximum Gasteiger partial charge on any atom is 0.281 e. The van der Waals surface area contributed by atoms with Crippen LogP contribution in [0.25, 0.3) is 16.5 Å². The molecule has 1 aliphatic carbocycles. The van der Waals surface area contributed by atoms with Gasteiger partial charge in [-0.1, -0.05) is 45.9 Å². The minimum Gasteiger partial charge on any atom is -0.349 e. The highest BCUT2D eigenvalue weighted by atomic mass is 79.9. The third kappa shape index (κ3) is 5.69.